The highest BCUT2D eigenvalue weighted by molar-refractivity contribution is 5.87. The second-order valence-corrected chi connectivity index (χ2v) is 14.1. The number of H-pyrrole nitrogens is 1. The van der Waals surface area contributed by atoms with Crippen molar-refractivity contribution in [2.24, 2.45) is 11.3 Å². The van der Waals surface area contributed by atoms with Crippen LogP contribution in [-0.4, -0.2) is 84.9 Å². The van der Waals surface area contributed by atoms with Crippen LogP contribution in [0.15, 0.2) is 35.3 Å². The summed E-state index contributed by atoms with van der Waals surface area (Å²) in [4.78, 5) is 59.9. The van der Waals surface area contributed by atoms with E-state index in [0.717, 1.165) is 37.9 Å². The Labute approximate surface area is 305 Å². The van der Waals surface area contributed by atoms with Crippen LogP contribution in [0.3, 0.4) is 0 Å². The molecule has 1 aliphatic heterocycles. The number of carbonyl (C=O) groups is 4. The monoisotopic (exact) mass is 744 g/mol. The van der Waals surface area contributed by atoms with E-state index in [9.17, 15) is 37.1 Å². The number of hydrogen-bond acceptors (Lipinski definition) is 8. The number of rotatable bonds is 8. The van der Waals surface area contributed by atoms with Gasteiger partial charge in [-0.05, 0) is 87.9 Å². The Bertz CT molecular complexity index is 1470. The fourth-order valence-corrected chi connectivity index (χ4v) is 5.15. The number of nitrogens with one attached hydrogen (secondary N) is 3. The number of esters is 1. The van der Waals surface area contributed by atoms with Gasteiger partial charge in [-0.3, -0.25) is 19.2 Å². The number of aromatic nitrogens is 1. The third-order valence-electron chi connectivity index (χ3n) is 8.24. The number of pyridine rings is 1. The van der Waals surface area contributed by atoms with Gasteiger partial charge < -0.3 is 34.7 Å². The highest BCUT2D eigenvalue weighted by Crippen LogP contribution is 2.46. The van der Waals surface area contributed by atoms with Crippen molar-refractivity contribution in [1.82, 2.24) is 20.5 Å². The number of hydrogen-bond donors (Lipinski definition) is 3. The molecule has 0 bridgehead atoms. The molecule has 2 aromatic rings. The number of alkyl halides is 3. The topological polar surface area (TPSA) is 156 Å². The minimum Gasteiger partial charge on any atom is -0.467 e. The molecule has 15 heteroatoms. The number of aromatic amines is 1. The molecule has 3 N–H and O–H groups in total. The number of likely N-dealkylation sites (tertiary alicyclic amines) is 1. The summed E-state index contributed by atoms with van der Waals surface area (Å²) in [7, 11) is 3.04. The van der Waals surface area contributed by atoms with Gasteiger partial charge >= 0.3 is 12.3 Å². The van der Waals surface area contributed by atoms with E-state index >= 15 is 0 Å². The summed E-state index contributed by atoms with van der Waals surface area (Å²) in [5, 5.41) is 5.89. The van der Waals surface area contributed by atoms with Crippen molar-refractivity contribution in [1.29, 1.82) is 0 Å². The van der Waals surface area contributed by atoms with Crippen LogP contribution in [0, 0.1) is 11.3 Å². The van der Waals surface area contributed by atoms with Crippen LogP contribution in [-0.2, 0) is 28.7 Å². The van der Waals surface area contributed by atoms with Crippen molar-refractivity contribution in [3.05, 3.63) is 40.8 Å². The minimum atomic E-state index is -4.73. The SMILES string of the molecule is CC.CC1CCCN1C(=O)[C@@H](NC=O)C(C)(C)C.CCC1CC1(NC=O)C(=O)OC.COC(C)(C)C.O=c1[nH]ccc2cc(OC(F)(F)F)ccc12. The summed E-state index contributed by atoms with van der Waals surface area (Å²) in [6, 6.07) is 4.93. The number of nitrogens with zero attached hydrogens (tertiary/aromatic N) is 1. The summed E-state index contributed by atoms with van der Waals surface area (Å²) in [6.07, 6.45) is 1.53. The Hall–Kier alpha value is -4.14. The van der Waals surface area contributed by atoms with Crippen molar-refractivity contribution in [3.63, 3.8) is 0 Å². The van der Waals surface area contributed by atoms with E-state index in [2.05, 4.69) is 32.0 Å². The Morgan fingerprint density at radius 2 is 1.65 bits per heavy atom. The first-order valence-corrected chi connectivity index (χ1v) is 17.3. The van der Waals surface area contributed by atoms with Crippen molar-refractivity contribution < 1.29 is 46.6 Å². The van der Waals surface area contributed by atoms with Gasteiger partial charge in [-0.1, -0.05) is 48.0 Å². The van der Waals surface area contributed by atoms with Crippen molar-refractivity contribution in [2.45, 2.75) is 125 Å². The molecule has 12 nitrogen and oxygen atoms in total. The quantitative estimate of drug-likeness (QED) is 0.216. The predicted molar refractivity (Wildman–Crippen MR) is 195 cm³/mol. The number of carbonyl (C=O) groups excluding carboxylic acids is 4. The van der Waals surface area contributed by atoms with Gasteiger partial charge in [0.25, 0.3) is 5.56 Å². The lowest BCUT2D eigenvalue weighted by molar-refractivity contribution is -0.274. The molecule has 1 aliphatic carbocycles. The van der Waals surface area contributed by atoms with Gasteiger partial charge in [-0.25, -0.2) is 4.79 Å². The average molecular weight is 745 g/mol. The van der Waals surface area contributed by atoms with E-state index in [1.807, 2.05) is 67.2 Å². The van der Waals surface area contributed by atoms with E-state index in [4.69, 9.17) is 4.74 Å². The lowest BCUT2D eigenvalue weighted by Crippen LogP contribution is -2.53. The van der Waals surface area contributed by atoms with Gasteiger partial charge in [-0.15, -0.1) is 13.2 Å². The second-order valence-electron chi connectivity index (χ2n) is 14.1. The maximum absolute atomic E-state index is 12.3. The molecule has 2 heterocycles. The first-order chi connectivity index (χ1) is 24.1. The molecule has 4 atom stereocenters. The zero-order chi connectivity index (χ0) is 40.5. The molecule has 52 heavy (non-hydrogen) atoms. The molecule has 3 unspecified atom stereocenters. The summed E-state index contributed by atoms with van der Waals surface area (Å²) in [5.41, 5.74) is -1.26. The van der Waals surface area contributed by atoms with E-state index < -0.39 is 17.9 Å². The normalized spacial score (nSPS) is 19.6. The van der Waals surface area contributed by atoms with Crippen LogP contribution in [0.5, 0.6) is 5.75 Å². The molecule has 1 saturated heterocycles. The zero-order valence-corrected chi connectivity index (χ0v) is 32.7. The third kappa shape index (κ3) is 15.6. The zero-order valence-electron chi connectivity index (χ0n) is 32.7. The van der Waals surface area contributed by atoms with Gasteiger partial charge in [0.1, 0.15) is 17.3 Å². The van der Waals surface area contributed by atoms with Crippen LogP contribution in [0.4, 0.5) is 13.2 Å². The molecule has 1 aromatic heterocycles. The number of halogens is 3. The molecule has 4 rings (SSSR count). The molecule has 1 saturated carbocycles. The molecule has 296 valence electrons. The van der Waals surface area contributed by atoms with Crippen molar-refractivity contribution in [2.75, 3.05) is 20.8 Å². The van der Waals surface area contributed by atoms with E-state index in [1.54, 1.807) is 7.11 Å². The number of ether oxygens (including phenoxy) is 3. The smallest absolute Gasteiger partial charge is 0.467 e. The molecule has 0 spiro atoms. The Morgan fingerprint density at radius 1 is 1.06 bits per heavy atom. The van der Waals surface area contributed by atoms with Crippen molar-refractivity contribution in [3.8, 4) is 5.75 Å². The van der Waals surface area contributed by atoms with Crippen LogP contribution >= 0.6 is 0 Å². The van der Waals surface area contributed by atoms with E-state index in [1.165, 1.54) is 25.4 Å². The third-order valence-corrected chi connectivity index (χ3v) is 8.24. The molecule has 2 aliphatic rings. The molecule has 2 fully saturated rings. The number of fused-ring (bicyclic) bond motifs is 1. The number of methoxy groups -OCH3 is 2. The van der Waals surface area contributed by atoms with Gasteiger partial charge in [0.05, 0.1) is 12.7 Å². The fraction of sp³-hybridized carbons (Fsp3) is 0.649. The maximum atomic E-state index is 12.3. The first-order valence-electron chi connectivity index (χ1n) is 17.3. The largest absolute Gasteiger partial charge is 0.573 e. The Kier molecular flexibility index (Phi) is 19.7. The molecular formula is C37H59F3N4O8. The lowest BCUT2D eigenvalue weighted by Gasteiger charge is -2.34. The van der Waals surface area contributed by atoms with Gasteiger partial charge in [0, 0.05) is 31.3 Å². The highest BCUT2D eigenvalue weighted by atomic mass is 19.4. The van der Waals surface area contributed by atoms with Crippen LogP contribution in [0.25, 0.3) is 10.8 Å². The van der Waals surface area contributed by atoms with Crippen molar-refractivity contribution >= 4 is 35.5 Å². The standard InChI is InChI=1S/C12H22N2O2.C10H6F3NO2.C8H13NO3.C5H12O.C2H6/c1-9-6-5-7-14(9)11(16)10(13-8-15)12(2,3)4;11-10(12,13)16-7-1-2-8-6(5-7)3-4-14-9(8)15;1-3-6-4-8(6,9-5-10)7(11)12-2;1-5(2,3)6-4;1-2/h8-10H,5-7H2,1-4H3,(H,13,15);1-5H,(H,14,15);5-6H,3-4H2,1-2H3,(H,9,10);1-4H3;1-2H3/t9?,10-;;;;/m1..../s1. The van der Waals surface area contributed by atoms with E-state index in [0.29, 0.717) is 36.1 Å². The molecule has 0 radical (unpaired) electrons. The van der Waals surface area contributed by atoms with Gasteiger partial charge in [-0.2, -0.15) is 0 Å². The summed E-state index contributed by atoms with van der Waals surface area (Å²) in [5.74, 6) is -0.383. The molecular weight excluding hydrogens is 685 g/mol. The summed E-state index contributed by atoms with van der Waals surface area (Å²) < 4.78 is 49.1. The fourth-order valence-electron chi connectivity index (χ4n) is 5.15. The number of benzene rings is 1. The maximum Gasteiger partial charge on any atom is 0.573 e. The average Bonchev–Trinajstić information content (AvgIpc) is 3.62. The van der Waals surface area contributed by atoms with Gasteiger partial charge in [0.15, 0.2) is 0 Å². The van der Waals surface area contributed by atoms with Crippen LogP contribution in [0.1, 0.15) is 94.9 Å². The number of amides is 3. The van der Waals surface area contributed by atoms with Crippen LogP contribution < -0.4 is 20.9 Å². The first kappa shape index (κ1) is 47.9. The summed E-state index contributed by atoms with van der Waals surface area (Å²) >= 11 is 0. The minimum absolute atomic E-state index is 0.0417. The van der Waals surface area contributed by atoms with Crippen LogP contribution in [0.2, 0.25) is 0 Å². The Balaban J connectivity index is 0.000000686. The molecule has 1 aromatic carbocycles. The van der Waals surface area contributed by atoms with E-state index in [-0.39, 0.29) is 40.1 Å². The Morgan fingerprint density at radius 3 is 2.06 bits per heavy atom. The molecule has 3 amide bonds. The van der Waals surface area contributed by atoms with Gasteiger partial charge in [0.2, 0.25) is 18.7 Å². The summed E-state index contributed by atoms with van der Waals surface area (Å²) in [6.45, 7) is 20.8. The lowest BCUT2D eigenvalue weighted by atomic mass is 9.86. The predicted octanol–water partition coefficient (Wildman–Crippen LogP) is 6.12. The highest BCUT2D eigenvalue weighted by Gasteiger charge is 2.60. The second kappa shape index (κ2) is 21.4.